The van der Waals surface area contributed by atoms with E-state index in [9.17, 15) is 14.9 Å². The van der Waals surface area contributed by atoms with E-state index in [1.54, 1.807) is 20.8 Å². The average Bonchev–Trinajstić information content (AvgIpc) is 2.13. The second-order valence-corrected chi connectivity index (χ2v) is 4.67. The van der Waals surface area contributed by atoms with Crippen LogP contribution in [0.5, 0.6) is 0 Å². The van der Waals surface area contributed by atoms with Crippen molar-refractivity contribution in [1.82, 2.24) is 5.32 Å². The first-order valence-corrected chi connectivity index (χ1v) is 5.50. The van der Waals surface area contributed by atoms with Gasteiger partial charge >= 0.3 is 6.09 Å². The summed E-state index contributed by atoms with van der Waals surface area (Å²) in [5, 5.41) is 12.9. The number of carbonyl (C=O) groups is 1. The number of allylic oxidation sites excluding steroid dienone is 2. The minimum absolute atomic E-state index is 0.127. The Morgan fingerprint density at radius 1 is 1.47 bits per heavy atom. The number of nitrogens with one attached hydrogen (secondary N) is 1. The molecule has 17 heavy (non-hydrogen) atoms. The summed E-state index contributed by atoms with van der Waals surface area (Å²) in [6, 6.07) is 0. The van der Waals surface area contributed by atoms with Crippen LogP contribution < -0.4 is 5.32 Å². The van der Waals surface area contributed by atoms with Gasteiger partial charge in [-0.25, -0.2) is 4.79 Å². The van der Waals surface area contributed by atoms with E-state index in [4.69, 9.17) is 4.74 Å². The van der Waals surface area contributed by atoms with Gasteiger partial charge in [0.2, 0.25) is 5.70 Å². The zero-order chi connectivity index (χ0) is 13.5. The summed E-state index contributed by atoms with van der Waals surface area (Å²) in [6.07, 6.45) is 2.27. The molecule has 1 N–H and O–H groups in total. The predicted octanol–water partition coefficient (Wildman–Crippen LogP) is 2.47. The Hall–Kier alpha value is -1.59. The number of nitro groups is 1. The molecule has 0 unspecified atom stereocenters. The molecule has 0 radical (unpaired) electrons. The van der Waals surface area contributed by atoms with Crippen molar-refractivity contribution < 1.29 is 14.5 Å². The van der Waals surface area contributed by atoms with Gasteiger partial charge in [-0.05, 0) is 39.7 Å². The molecule has 6 nitrogen and oxygen atoms in total. The molecule has 0 aliphatic carbocycles. The second-order valence-electron chi connectivity index (χ2n) is 4.67. The van der Waals surface area contributed by atoms with Crippen molar-refractivity contribution >= 4 is 6.09 Å². The lowest BCUT2D eigenvalue weighted by Gasteiger charge is -2.19. The van der Waals surface area contributed by atoms with Gasteiger partial charge in [-0.2, -0.15) is 0 Å². The van der Waals surface area contributed by atoms with Gasteiger partial charge in [0.1, 0.15) is 5.60 Å². The second kappa shape index (κ2) is 6.88. The minimum Gasteiger partial charge on any atom is -0.444 e. The van der Waals surface area contributed by atoms with E-state index in [0.717, 1.165) is 0 Å². The molecule has 6 heteroatoms. The summed E-state index contributed by atoms with van der Waals surface area (Å²) in [6.45, 7) is 7.25. The van der Waals surface area contributed by atoms with Crippen LogP contribution in [0, 0.1) is 10.1 Å². The fourth-order valence-electron chi connectivity index (χ4n) is 0.992. The third-order valence-electron chi connectivity index (χ3n) is 1.78. The fraction of sp³-hybridized carbons (Fsp3) is 0.727. The molecule has 0 aliphatic heterocycles. The van der Waals surface area contributed by atoms with Crippen LogP contribution in [-0.4, -0.2) is 23.2 Å². The van der Waals surface area contributed by atoms with Gasteiger partial charge in [0, 0.05) is 13.5 Å². The molecule has 1 amide bonds. The third kappa shape index (κ3) is 9.35. The molecule has 0 fully saturated rings. The Morgan fingerprint density at radius 3 is 2.53 bits per heavy atom. The minimum atomic E-state index is -0.508. The maximum Gasteiger partial charge on any atom is 0.407 e. The SMILES string of the molecule is C/C(=C\CCCNC(=O)OC(C)(C)C)[N+](=O)[O-]. The molecule has 0 spiro atoms. The highest BCUT2D eigenvalue weighted by atomic mass is 16.6. The van der Waals surface area contributed by atoms with Gasteiger partial charge in [-0.1, -0.05) is 0 Å². The monoisotopic (exact) mass is 244 g/mol. The number of carbonyl (C=O) groups excluding carboxylic acids is 1. The van der Waals surface area contributed by atoms with Gasteiger partial charge in [-0.15, -0.1) is 0 Å². The van der Waals surface area contributed by atoms with Crippen molar-refractivity contribution in [2.45, 2.75) is 46.1 Å². The molecule has 0 aliphatic rings. The highest BCUT2D eigenvalue weighted by molar-refractivity contribution is 5.67. The van der Waals surface area contributed by atoms with Gasteiger partial charge in [0.15, 0.2) is 0 Å². The summed E-state index contributed by atoms with van der Waals surface area (Å²) in [7, 11) is 0. The summed E-state index contributed by atoms with van der Waals surface area (Å²) in [5.41, 5.74) is -0.381. The van der Waals surface area contributed by atoms with Crippen LogP contribution in [0.15, 0.2) is 11.8 Å². The Balaban J connectivity index is 3.69. The number of alkyl carbamates (subject to hydrolysis) is 1. The number of ether oxygens (including phenoxy) is 1. The van der Waals surface area contributed by atoms with Crippen molar-refractivity contribution in [3.05, 3.63) is 21.9 Å². The van der Waals surface area contributed by atoms with Crippen molar-refractivity contribution in [3.63, 3.8) is 0 Å². The molecule has 0 atom stereocenters. The molecule has 0 saturated carbocycles. The maximum absolute atomic E-state index is 11.2. The van der Waals surface area contributed by atoms with Crippen molar-refractivity contribution in [1.29, 1.82) is 0 Å². The normalized spacial score (nSPS) is 12.1. The van der Waals surface area contributed by atoms with Crippen LogP contribution >= 0.6 is 0 Å². The number of hydrogen-bond acceptors (Lipinski definition) is 4. The largest absolute Gasteiger partial charge is 0.444 e. The van der Waals surface area contributed by atoms with E-state index in [1.807, 2.05) is 0 Å². The average molecular weight is 244 g/mol. The predicted molar refractivity (Wildman–Crippen MR) is 64.2 cm³/mol. The molecule has 0 bridgehead atoms. The highest BCUT2D eigenvalue weighted by Gasteiger charge is 2.15. The number of nitrogens with zero attached hydrogens (tertiary/aromatic N) is 1. The Kier molecular flexibility index (Phi) is 6.23. The lowest BCUT2D eigenvalue weighted by molar-refractivity contribution is -0.424. The van der Waals surface area contributed by atoms with E-state index in [2.05, 4.69) is 5.32 Å². The molecule has 0 heterocycles. The molecule has 0 aromatic heterocycles. The van der Waals surface area contributed by atoms with Crippen LogP contribution in [0.1, 0.15) is 40.5 Å². The van der Waals surface area contributed by atoms with Gasteiger partial charge in [-0.3, -0.25) is 10.1 Å². The Bertz CT molecular complexity index is 305. The van der Waals surface area contributed by atoms with Crippen molar-refractivity contribution in [2.24, 2.45) is 0 Å². The first-order chi connectivity index (χ1) is 7.72. The molecule has 0 aromatic rings. The van der Waals surface area contributed by atoms with Crippen molar-refractivity contribution in [3.8, 4) is 0 Å². The number of hydrogen-bond donors (Lipinski definition) is 1. The number of unbranched alkanes of at least 4 members (excludes halogenated alkanes) is 1. The van der Waals surface area contributed by atoms with Gasteiger partial charge in [0.25, 0.3) is 0 Å². The van der Waals surface area contributed by atoms with E-state index in [1.165, 1.54) is 13.0 Å². The third-order valence-corrected chi connectivity index (χ3v) is 1.78. The summed E-state index contributed by atoms with van der Waals surface area (Å²) in [4.78, 5) is 21.1. The van der Waals surface area contributed by atoms with E-state index in [0.29, 0.717) is 19.4 Å². The number of rotatable bonds is 5. The Morgan fingerprint density at radius 2 is 2.06 bits per heavy atom. The molecule has 98 valence electrons. The topological polar surface area (TPSA) is 81.5 Å². The smallest absolute Gasteiger partial charge is 0.407 e. The van der Waals surface area contributed by atoms with Crippen LogP contribution in [-0.2, 0) is 4.74 Å². The number of amides is 1. The van der Waals surface area contributed by atoms with Gasteiger partial charge in [0.05, 0.1) is 4.92 Å². The van der Waals surface area contributed by atoms with Crippen LogP contribution in [0.4, 0.5) is 4.79 Å². The molecular formula is C11H20N2O4. The first kappa shape index (κ1) is 15.4. The van der Waals surface area contributed by atoms with E-state index in [-0.39, 0.29) is 5.70 Å². The van der Waals surface area contributed by atoms with Crippen LogP contribution in [0.2, 0.25) is 0 Å². The molecule has 0 saturated heterocycles. The zero-order valence-corrected chi connectivity index (χ0v) is 10.8. The standard InChI is InChI=1S/C11H20N2O4/c1-9(13(15)16)7-5-6-8-12-10(14)17-11(2,3)4/h7H,5-6,8H2,1-4H3,(H,12,14)/b9-7+. The van der Waals surface area contributed by atoms with E-state index >= 15 is 0 Å². The van der Waals surface area contributed by atoms with Crippen LogP contribution in [0.25, 0.3) is 0 Å². The van der Waals surface area contributed by atoms with E-state index < -0.39 is 16.6 Å². The molecule has 0 rings (SSSR count). The van der Waals surface area contributed by atoms with Crippen LogP contribution in [0.3, 0.4) is 0 Å². The van der Waals surface area contributed by atoms with Crippen molar-refractivity contribution in [2.75, 3.05) is 6.54 Å². The highest BCUT2D eigenvalue weighted by Crippen LogP contribution is 2.06. The zero-order valence-electron chi connectivity index (χ0n) is 10.8. The first-order valence-electron chi connectivity index (χ1n) is 5.50. The fourth-order valence-corrected chi connectivity index (χ4v) is 0.992. The quantitative estimate of drug-likeness (QED) is 0.457. The summed E-state index contributed by atoms with van der Waals surface area (Å²) >= 11 is 0. The lowest BCUT2D eigenvalue weighted by Crippen LogP contribution is -2.32. The summed E-state index contributed by atoms with van der Waals surface area (Å²) < 4.78 is 5.03. The summed E-state index contributed by atoms with van der Waals surface area (Å²) in [5.74, 6) is 0. The maximum atomic E-state index is 11.2. The lowest BCUT2D eigenvalue weighted by atomic mass is 10.2. The Labute approximate surface area is 101 Å². The molecular weight excluding hydrogens is 224 g/mol. The molecule has 0 aromatic carbocycles. The van der Waals surface area contributed by atoms with Gasteiger partial charge < -0.3 is 10.1 Å².